The quantitative estimate of drug-likeness (QED) is 0.799. The molecule has 1 aromatic rings. The van der Waals surface area contributed by atoms with Gasteiger partial charge in [0.15, 0.2) is 11.5 Å². The molecule has 0 unspecified atom stereocenters. The molecule has 0 saturated heterocycles. The molecule has 106 valence electrons. The van der Waals surface area contributed by atoms with Gasteiger partial charge in [0.25, 0.3) is 5.91 Å². The van der Waals surface area contributed by atoms with E-state index in [0.29, 0.717) is 22.8 Å². The highest BCUT2D eigenvalue weighted by molar-refractivity contribution is 5.95. The number of aliphatic hydroxyl groups excluding tert-OH is 1. The largest absolute Gasteiger partial charge is 0.493 e. The van der Waals surface area contributed by atoms with Crippen molar-refractivity contribution in [1.82, 2.24) is 5.32 Å². The molecule has 0 aliphatic heterocycles. The molecule has 19 heavy (non-hydrogen) atoms. The lowest BCUT2D eigenvalue weighted by Crippen LogP contribution is -2.35. The van der Waals surface area contributed by atoms with Gasteiger partial charge in [-0.05, 0) is 19.1 Å². The van der Waals surface area contributed by atoms with E-state index in [-0.39, 0.29) is 18.6 Å². The van der Waals surface area contributed by atoms with Gasteiger partial charge < -0.3 is 24.6 Å². The Labute approximate surface area is 112 Å². The molecule has 0 radical (unpaired) electrons. The molecule has 0 aliphatic carbocycles. The normalized spacial score (nSPS) is 11.6. The summed E-state index contributed by atoms with van der Waals surface area (Å²) in [6.07, 6.45) is 0. The maximum Gasteiger partial charge on any atom is 0.251 e. The molecule has 0 heterocycles. The van der Waals surface area contributed by atoms with Gasteiger partial charge in [0.2, 0.25) is 5.75 Å². The van der Waals surface area contributed by atoms with Gasteiger partial charge in [-0.15, -0.1) is 0 Å². The molecule has 0 aliphatic rings. The second-order valence-corrected chi connectivity index (χ2v) is 3.97. The molecule has 2 N–H and O–H groups in total. The summed E-state index contributed by atoms with van der Waals surface area (Å²) in [5, 5.41) is 11.6. The number of hydrogen-bond acceptors (Lipinski definition) is 5. The van der Waals surface area contributed by atoms with E-state index in [4.69, 9.17) is 19.3 Å². The van der Waals surface area contributed by atoms with Crippen LogP contribution in [0.2, 0.25) is 0 Å². The van der Waals surface area contributed by atoms with Gasteiger partial charge in [0, 0.05) is 11.6 Å². The Hall–Kier alpha value is -1.95. The minimum absolute atomic E-state index is 0.129. The lowest BCUT2D eigenvalue weighted by Gasteiger charge is -2.15. The molecule has 6 heteroatoms. The Morgan fingerprint density at radius 3 is 2.11 bits per heavy atom. The van der Waals surface area contributed by atoms with Gasteiger partial charge in [0.05, 0.1) is 27.9 Å². The third-order valence-corrected chi connectivity index (χ3v) is 2.58. The maximum atomic E-state index is 12.0. The average Bonchev–Trinajstić information content (AvgIpc) is 2.44. The van der Waals surface area contributed by atoms with Gasteiger partial charge in [-0.25, -0.2) is 0 Å². The number of carbonyl (C=O) groups excluding carboxylic acids is 1. The van der Waals surface area contributed by atoms with E-state index in [0.717, 1.165) is 0 Å². The molecule has 0 saturated carbocycles. The van der Waals surface area contributed by atoms with E-state index in [1.165, 1.54) is 21.3 Å². The highest BCUT2D eigenvalue weighted by Crippen LogP contribution is 2.38. The number of benzene rings is 1. The molecular weight excluding hydrogens is 250 g/mol. The van der Waals surface area contributed by atoms with Crippen LogP contribution in [0.25, 0.3) is 0 Å². The molecule has 1 aromatic carbocycles. The van der Waals surface area contributed by atoms with Crippen molar-refractivity contribution >= 4 is 5.91 Å². The van der Waals surface area contributed by atoms with Crippen LogP contribution >= 0.6 is 0 Å². The lowest BCUT2D eigenvalue weighted by molar-refractivity contribution is 0.0921. The van der Waals surface area contributed by atoms with Crippen molar-refractivity contribution in [2.45, 2.75) is 13.0 Å². The molecule has 6 nitrogen and oxygen atoms in total. The molecule has 0 spiro atoms. The predicted octanol–water partition coefficient (Wildman–Crippen LogP) is 0.823. The number of ether oxygens (including phenoxy) is 3. The molecular formula is C13H19NO5. The van der Waals surface area contributed by atoms with Crippen molar-refractivity contribution in [3.63, 3.8) is 0 Å². The summed E-state index contributed by atoms with van der Waals surface area (Å²) in [4.78, 5) is 12.0. The lowest BCUT2D eigenvalue weighted by atomic mass is 10.1. The third kappa shape index (κ3) is 3.51. The van der Waals surface area contributed by atoms with Gasteiger partial charge in [-0.2, -0.15) is 0 Å². The summed E-state index contributed by atoms with van der Waals surface area (Å²) >= 11 is 0. The van der Waals surface area contributed by atoms with Crippen molar-refractivity contribution in [3.8, 4) is 17.2 Å². The Bertz CT molecular complexity index is 422. The number of aliphatic hydroxyl groups is 1. The topological polar surface area (TPSA) is 77.0 Å². The zero-order valence-corrected chi connectivity index (χ0v) is 11.5. The fraction of sp³-hybridized carbons (Fsp3) is 0.462. The summed E-state index contributed by atoms with van der Waals surface area (Å²) in [6.45, 7) is 1.58. The van der Waals surface area contributed by atoms with Crippen LogP contribution in [0.4, 0.5) is 0 Å². The zero-order chi connectivity index (χ0) is 14.4. The monoisotopic (exact) mass is 269 g/mol. The van der Waals surface area contributed by atoms with Crippen LogP contribution in [0.1, 0.15) is 17.3 Å². The Kier molecular flexibility index (Phi) is 5.44. The van der Waals surface area contributed by atoms with Crippen LogP contribution in [0.15, 0.2) is 12.1 Å². The summed E-state index contributed by atoms with van der Waals surface area (Å²) in [5.74, 6) is 0.921. The van der Waals surface area contributed by atoms with Crippen LogP contribution in [-0.4, -0.2) is 45.0 Å². The number of hydrogen-bond donors (Lipinski definition) is 2. The highest BCUT2D eigenvalue weighted by atomic mass is 16.5. The van der Waals surface area contributed by atoms with E-state index < -0.39 is 0 Å². The third-order valence-electron chi connectivity index (χ3n) is 2.58. The smallest absolute Gasteiger partial charge is 0.251 e. The second kappa shape index (κ2) is 6.84. The van der Waals surface area contributed by atoms with E-state index in [1.54, 1.807) is 19.1 Å². The molecule has 0 bridgehead atoms. The Morgan fingerprint density at radius 2 is 1.74 bits per heavy atom. The van der Waals surface area contributed by atoms with Crippen molar-refractivity contribution in [1.29, 1.82) is 0 Å². The second-order valence-electron chi connectivity index (χ2n) is 3.97. The number of nitrogens with one attached hydrogen (secondary N) is 1. The van der Waals surface area contributed by atoms with Crippen molar-refractivity contribution in [2.75, 3.05) is 27.9 Å². The standard InChI is InChI=1S/C13H19NO5/c1-8(7-15)14-13(16)9-5-10(17-2)12(19-4)11(6-9)18-3/h5-6,8,15H,7H2,1-4H3,(H,14,16)/t8-/m0/s1. The van der Waals surface area contributed by atoms with Crippen LogP contribution in [0, 0.1) is 0 Å². The van der Waals surface area contributed by atoms with Crippen molar-refractivity contribution < 1.29 is 24.1 Å². The van der Waals surface area contributed by atoms with E-state index in [9.17, 15) is 4.79 Å². The first-order valence-corrected chi connectivity index (χ1v) is 5.79. The number of rotatable bonds is 6. The zero-order valence-electron chi connectivity index (χ0n) is 11.5. The fourth-order valence-electron chi connectivity index (χ4n) is 1.56. The molecule has 1 atom stereocenters. The first-order valence-electron chi connectivity index (χ1n) is 5.79. The molecule has 0 fully saturated rings. The van der Waals surface area contributed by atoms with Gasteiger partial charge in [-0.1, -0.05) is 0 Å². The van der Waals surface area contributed by atoms with Crippen LogP contribution in [0.5, 0.6) is 17.2 Å². The summed E-state index contributed by atoms with van der Waals surface area (Å²) in [6, 6.07) is 2.79. The summed E-state index contributed by atoms with van der Waals surface area (Å²) in [7, 11) is 4.46. The number of carbonyl (C=O) groups is 1. The van der Waals surface area contributed by atoms with Crippen LogP contribution in [0.3, 0.4) is 0 Å². The number of amides is 1. The average molecular weight is 269 g/mol. The van der Waals surface area contributed by atoms with Crippen LogP contribution < -0.4 is 19.5 Å². The van der Waals surface area contributed by atoms with Gasteiger partial charge in [0.1, 0.15) is 0 Å². The SMILES string of the molecule is COc1cc(C(=O)N[C@@H](C)CO)cc(OC)c1OC. The molecule has 0 aromatic heterocycles. The summed E-state index contributed by atoms with van der Waals surface area (Å²) in [5.41, 5.74) is 0.370. The minimum Gasteiger partial charge on any atom is -0.493 e. The van der Waals surface area contributed by atoms with E-state index in [1.807, 2.05) is 0 Å². The highest BCUT2D eigenvalue weighted by Gasteiger charge is 2.17. The van der Waals surface area contributed by atoms with E-state index in [2.05, 4.69) is 5.32 Å². The fourth-order valence-corrected chi connectivity index (χ4v) is 1.56. The van der Waals surface area contributed by atoms with Crippen molar-refractivity contribution in [2.24, 2.45) is 0 Å². The first kappa shape index (κ1) is 15.1. The van der Waals surface area contributed by atoms with E-state index >= 15 is 0 Å². The number of methoxy groups -OCH3 is 3. The molecule has 1 amide bonds. The van der Waals surface area contributed by atoms with Gasteiger partial charge >= 0.3 is 0 Å². The Morgan fingerprint density at radius 1 is 1.21 bits per heavy atom. The van der Waals surface area contributed by atoms with Crippen LogP contribution in [-0.2, 0) is 0 Å². The minimum atomic E-state index is -0.327. The molecule has 1 rings (SSSR count). The maximum absolute atomic E-state index is 12.0. The summed E-state index contributed by atoms with van der Waals surface area (Å²) < 4.78 is 15.5. The Balaban J connectivity index is 3.12. The first-order chi connectivity index (χ1) is 9.07. The van der Waals surface area contributed by atoms with Crippen molar-refractivity contribution in [3.05, 3.63) is 17.7 Å². The predicted molar refractivity (Wildman–Crippen MR) is 70.1 cm³/mol. The van der Waals surface area contributed by atoms with Gasteiger partial charge in [-0.3, -0.25) is 4.79 Å².